The quantitative estimate of drug-likeness (QED) is 0.770. The third-order valence-corrected chi connectivity index (χ3v) is 3.52. The van der Waals surface area contributed by atoms with Crippen LogP contribution in [0.4, 0.5) is 5.82 Å². The first-order valence-corrected chi connectivity index (χ1v) is 6.94. The molecular weight excluding hydrogens is 262 g/mol. The van der Waals surface area contributed by atoms with Gasteiger partial charge in [0.05, 0.1) is 11.8 Å². The highest BCUT2D eigenvalue weighted by Gasteiger charge is 2.10. The van der Waals surface area contributed by atoms with Gasteiger partial charge in [0.2, 0.25) is 0 Å². The average molecular weight is 279 g/mol. The van der Waals surface area contributed by atoms with Gasteiger partial charge in [-0.1, -0.05) is 54.6 Å². The number of hydrogen-bond acceptors (Lipinski definition) is 4. The van der Waals surface area contributed by atoms with Crippen molar-refractivity contribution in [1.82, 2.24) is 10.2 Å². The molecule has 4 nitrogen and oxygen atoms in total. The number of nitrogens with one attached hydrogen (secondary N) is 1. The van der Waals surface area contributed by atoms with Gasteiger partial charge in [-0.3, -0.25) is 0 Å². The van der Waals surface area contributed by atoms with Crippen LogP contribution in [0.3, 0.4) is 0 Å². The molecule has 0 aliphatic rings. The number of hydrogen-bond donors (Lipinski definition) is 2. The number of fused-ring (bicyclic) bond motifs is 1. The Morgan fingerprint density at radius 3 is 2.38 bits per heavy atom. The van der Waals surface area contributed by atoms with Crippen molar-refractivity contribution in [2.75, 3.05) is 11.9 Å². The van der Waals surface area contributed by atoms with Crippen LogP contribution >= 0.6 is 0 Å². The third kappa shape index (κ3) is 2.85. The SMILES string of the molecule is Cc1nnc(NCC(O)c2ccccc2)c2ccccc12. The fourth-order valence-electron chi connectivity index (χ4n) is 2.35. The van der Waals surface area contributed by atoms with Gasteiger partial charge in [0.15, 0.2) is 5.82 Å². The van der Waals surface area contributed by atoms with Gasteiger partial charge >= 0.3 is 0 Å². The van der Waals surface area contributed by atoms with Crippen molar-refractivity contribution in [3.05, 3.63) is 65.9 Å². The molecule has 0 aliphatic heterocycles. The van der Waals surface area contributed by atoms with Crippen molar-refractivity contribution in [2.24, 2.45) is 0 Å². The zero-order valence-corrected chi connectivity index (χ0v) is 11.8. The fraction of sp³-hybridized carbons (Fsp3) is 0.176. The normalized spacial score (nSPS) is 12.3. The Morgan fingerprint density at radius 1 is 0.952 bits per heavy atom. The van der Waals surface area contributed by atoms with Crippen molar-refractivity contribution in [3.8, 4) is 0 Å². The summed E-state index contributed by atoms with van der Waals surface area (Å²) >= 11 is 0. The van der Waals surface area contributed by atoms with Crippen LogP contribution in [-0.2, 0) is 0 Å². The zero-order valence-electron chi connectivity index (χ0n) is 11.8. The van der Waals surface area contributed by atoms with E-state index >= 15 is 0 Å². The molecule has 2 aromatic carbocycles. The Morgan fingerprint density at radius 2 is 1.62 bits per heavy atom. The van der Waals surface area contributed by atoms with Crippen molar-refractivity contribution in [1.29, 1.82) is 0 Å². The number of aliphatic hydroxyl groups excluding tert-OH is 1. The summed E-state index contributed by atoms with van der Waals surface area (Å²) in [5, 5.41) is 23.8. The molecule has 106 valence electrons. The smallest absolute Gasteiger partial charge is 0.156 e. The summed E-state index contributed by atoms with van der Waals surface area (Å²) in [5.74, 6) is 0.700. The van der Waals surface area contributed by atoms with Crippen LogP contribution < -0.4 is 5.32 Å². The summed E-state index contributed by atoms with van der Waals surface area (Å²) < 4.78 is 0. The van der Waals surface area contributed by atoms with Crippen LogP contribution in [0.15, 0.2) is 54.6 Å². The van der Waals surface area contributed by atoms with Gasteiger partial charge < -0.3 is 10.4 Å². The van der Waals surface area contributed by atoms with Crippen LogP contribution in [0.1, 0.15) is 17.4 Å². The topological polar surface area (TPSA) is 58.0 Å². The first-order valence-electron chi connectivity index (χ1n) is 6.94. The Balaban J connectivity index is 1.81. The Labute approximate surface area is 123 Å². The lowest BCUT2D eigenvalue weighted by atomic mass is 10.1. The van der Waals surface area contributed by atoms with Crippen LogP contribution in [-0.4, -0.2) is 21.8 Å². The maximum absolute atomic E-state index is 10.2. The number of aliphatic hydroxyl groups is 1. The largest absolute Gasteiger partial charge is 0.387 e. The molecule has 0 fully saturated rings. The summed E-state index contributed by atoms with van der Waals surface area (Å²) in [5.41, 5.74) is 1.79. The van der Waals surface area contributed by atoms with Gasteiger partial charge in [-0.25, -0.2) is 0 Å². The van der Waals surface area contributed by atoms with Gasteiger partial charge in [0.1, 0.15) is 0 Å². The molecule has 1 heterocycles. The van der Waals surface area contributed by atoms with Gasteiger partial charge in [0.25, 0.3) is 0 Å². The molecule has 0 spiro atoms. The predicted molar refractivity (Wildman–Crippen MR) is 84.2 cm³/mol. The molecule has 0 bridgehead atoms. The second-order valence-corrected chi connectivity index (χ2v) is 4.99. The highest BCUT2D eigenvalue weighted by atomic mass is 16.3. The first kappa shape index (κ1) is 13.5. The number of nitrogens with zero attached hydrogens (tertiary/aromatic N) is 2. The molecule has 2 N–H and O–H groups in total. The Hall–Kier alpha value is -2.46. The van der Waals surface area contributed by atoms with E-state index in [9.17, 15) is 5.11 Å². The van der Waals surface area contributed by atoms with Gasteiger partial charge in [-0.05, 0) is 12.5 Å². The molecule has 3 rings (SSSR count). The number of anilines is 1. The van der Waals surface area contributed by atoms with Crippen molar-refractivity contribution < 1.29 is 5.11 Å². The van der Waals surface area contributed by atoms with E-state index < -0.39 is 6.10 Å². The minimum atomic E-state index is -0.576. The van der Waals surface area contributed by atoms with E-state index in [1.165, 1.54) is 0 Å². The van der Waals surface area contributed by atoms with Crippen LogP contribution in [0.5, 0.6) is 0 Å². The number of aryl methyl sites for hydroxylation is 1. The highest BCUT2D eigenvalue weighted by Crippen LogP contribution is 2.23. The Bertz CT molecular complexity index is 743. The molecule has 0 aliphatic carbocycles. The second kappa shape index (κ2) is 5.89. The minimum Gasteiger partial charge on any atom is -0.387 e. The molecule has 0 radical (unpaired) electrons. The summed E-state index contributed by atoms with van der Waals surface area (Å²) in [4.78, 5) is 0. The molecule has 1 aromatic heterocycles. The van der Waals surface area contributed by atoms with Crippen LogP contribution in [0, 0.1) is 6.92 Å². The lowest BCUT2D eigenvalue weighted by molar-refractivity contribution is 0.191. The standard InChI is InChI=1S/C17H17N3O/c1-12-14-9-5-6-10-15(14)17(20-19-12)18-11-16(21)13-7-3-2-4-8-13/h2-10,16,21H,11H2,1H3,(H,18,20). The number of benzene rings is 2. The van der Waals surface area contributed by atoms with E-state index in [1.54, 1.807) is 0 Å². The molecule has 0 saturated heterocycles. The average Bonchev–Trinajstić information content (AvgIpc) is 2.55. The molecule has 3 aromatic rings. The lowest BCUT2D eigenvalue weighted by Crippen LogP contribution is -2.13. The number of rotatable bonds is 4. The summed E-state index contributed by atoms with van der Waals surface area (Å²) in [6, 6.07) is 17.6. The first-order chi connectivity index (χ1) is 10.3. The van der Waals surface area contributed by atoms with Crippen molar-refractivity contribution in [2.45, 2.75) is 13.0 Å². The maximum Gasteiger partial charge on any atom is 0.156 e. The second-order valence-electron chi connectivity index (χ2n) is 4.99. The van der Waals surface area contributed by atoms with Crippen molar-refractivity contribution in [3.63, 3.8) is 0 Å². The van der Waals surface area contributed by atoms with E-state index in [1.807, 2.05) is 61.5 Å². The Kier molecular flexibility index (Phi) is 3.79. The van der Waals surface area contributed by atoms with E-state index in [-0.39, 0.29) is 0 Å². The maximum atomic E-state index is 10.2. The van der Waals surface area contributed by atoms with Crippen LogP contribution in [0.25, 0.3) is 10.8 Å². The number of aromatic nitrogens is 2. The molecule has 21 heavy (non-hydrogen) atoms. The summed E-state index contributed by atoms with van der Waals surface area (Å²) in [6.07, 6.45) is -0.576. The highest BCUT2D eigenvalue weighted by molar-refractivity contribution is 5.92. The monoisotopic (exact) mass is 279 g/mol. The lowest BCUT2D eigenvalue weighted by Gasteiger charge is -2.14. The van der Waals surface area contributed by atoms with E-state index in [0.29, 0.717) is 12.4 Å². The predicted octanol–water partition coefficient (Wildman–Crippen LogP) is 3.08. The fourth-order valence-corrected chi connectivity index (χ4v) is 2.35. The molecule has 1 atom stereocenters. The van der Waals surface area contributed by atoms with E-state index in [4.69, 9.17) is 0 Å². The summed E-state index contributed by atoms with van der Waals surface area (Å²) in [6.45, 7) is 2.34. The zero-order chi connectivity index (χ0) is 14.7. The molecule has 1 unspecified atom stereocenters. The molecular formula is C17H17N3O. The van der Waals surface area contributed by atoms with Gasteiger partial charge in [-0.2, -0.15) is 5.10 Å². The van der Waals surface area contributed by atoms with Gasteiger partial charge in [0, 0.05) is 17.3 Å². The molecule has 4 heteroatoms. The van der Waals surface area contributed by atoms with Gasteiger partial charge in [-0.15, -0.1) is 5.10 Å². The van der Waals surface area contributed by atoms with E-state index in [2.05, 4.69) is 15.5 Å². The molecule has 0 saturated carbocycles. The molecule has 0 amide bonds. The third-order valence-electron chi connectivity index (χ3n) is 3.52. The summed E-state index contributed by atoms with van der Waals surface area (Å²) in [7, 11) is 0. The minimum absolute atomic E-state index is 0.395. The van der Waals surface area contributed by atoms with E-state index in [0.717, 1.165) is 22.0 Å². The van der Waals surface area contributed by atoms with Crippen LogP contribution in [0.2, 0.25) is 0 Å². The van der Waals surface area contributed by atoms with Crippen molar-refractivity contribution >= 4 is 16.6 Å².